The number of aromatic nitrogens is 2. The molecule has 0 bridgehead atoms. The van der Waals surface area contributed by atoms with E-state index in [1.807, 2.05) is 36.4 Å². The number of carbonyl (C=O) groups is 1. The van der Waals surface area contributed by atoms with Gasteiger partial charge in [0.15, 0.2) is 11.6 Å². The van der Waals surface area contributed by atoms with E-state index in [1.165, 1.54) is 17.6 Å². The van der Waals surface area contributed by atoms with E-state index >= 15 is 0 Å². The standard InChI is InChI=1S/C21H19FN4O3/c22-17-11-14-6-7-16(10-15(14)12-19(17)29-21(27)26-28)24-20-23-9-8-18(25-20)13-4-2-1-3-5-13/h1-5,8-9,11-12,16,28H,6-7,10H2,(H,26,27)(H,23,24,25). The van der Waals surface area contributed by atoms with E-state index in [-0.39, 0.29) is 11.8 Å². The van der Waals surface area contributed by atoms with Crippen molar-refractivity contribution in [3.63, 3.8) is 0 Å². The summed E-state index contributed by atoms with van der Waals surface area (Å²) in [5.74, 6) is -0.339. The fraction of sp³-hybridized carbons (Fsp3) is 0.190. The van der Waals surface area contributed by atoms with Crippen LogP contribution in [0.25, 0.3) is 11.3 Å². The first-order valence-corrected chi connectivity index (χ1v) is 9.20. The topological polar surface area (TPSA) is 96.4 Å². The third-order valence-corrected chi connectivity index (χ3v) is 4.83. The molecule has 3 aromatic rings. The first-order valence-electron chi connectivity index (χ1n) is 9.20. The van der Waals surface area contributed by atoms with E-state index in [4.69, 9.17) is 9.94 Å². The van der Waals surface area contributed by atoms with Gasteiger partial charge in [-0.3, -0.25) is 5.21 Å². The van der Waals surface area contributed by atoms with E-state index in [9.17, 15) is 9.18 Å². The van der Waals surface area contributed by atoms with Crippen molar-refractivity contribution in [1.82, 2.24) is 15.4 Å². The molecule has 1 aromatic heterocycles. The minimum absolute atomic E-state index is 0.0542. The molecular weight excluding hydrogens is 375 g/mol. The SMILES string of the molecule is O=C(NO)Oc1cc2c(cc1F)CCC(Nc1nccc(-c3ccccc3)n1)C2. The monoisotopic (exact) mass is 394 g/mol. The Kier molecular flexibility index (Phi) is 5.35. The molecule has 2 aromatic carbocycles. The number of rotatable bonds is 4. The van der Waals surface area contributed by atoms with Crippen LogP contribution in [0.3, 0.4) is 0 Å². The maximum Gasteiger partial charge on any atom is 0.436 e. The molecule has 0 aliphatic heterocycles. The Hall–Kier alpha value is -3.52. The smallest absolute Gasteiger partial charge is 0.406 e. The lowest BCUT2D eigenvalue weighted by Crippen LogP contribution is -2.29. The number of aryl methyl sites for hydroxylation is 1. The minimum Gasteiger partial charge on any atom is -0.406 e. The Morgan fingerprint density at radius 1 is 1.17 bits per heavy atom. The second-order valence-electron chi connectivity index (χ2n) is 6.77. The van der Waals surface area contributed by atoms with Crippen molar-refractivity contribution in [2.45, 2.75) is 25.3 Å². The minimum atomic E-state index is -1.14. The number of hydroxylamine groups is 1. The molecule has 8 heteroatoms. The number of hydrogen-bond acceptors (Lipinski definition) is 6. The number of fused-ring (bicyclic) bond motifs is 1. The molecule has 1 unspecified atom stereocenters. The van der Waals surface area contributed by atoms with E-state index in [0.29, 0.717) is 18.8 Å². The summed E-state index contributed by atoms with van der Waals surface area (Å²) in [5.41, 5.74) is 4.90. The van der Waals surface area contributed by atoms with Crippen molar-refractivity contribution >= 4 is 12.0 Å². The van der Waals surface area contributed by atoms with Gasteiger partial charge in [0.1, 0.15) is 0 Å². The molecule has 0 spiro atoms. The Bertz CT molecular complexity index is 1030. The van der Waals surface area contributed by atoms with Gasteiger partial charge in [0.2, 0.25) is 5.95 Å². The van der Waals surface area contributed by atoms with E-state index in [0.717, 1.165) is 28.8 Å². The first kappa shape index (κ1) is 18.8. The van der Waals surface area contributed by atoms with Crippen LogP contribution >= 0.6 is 0 Å². The second kappa shape index (κ2) is 8.24. The second-order valence-corrected chi connectivity index (χ2v) is 6.77. The van der Waals surface area contributed by atoms with E-state index in [1.54, 1.807) is 6.20 Å². The zero-order valence-electron chi connectivity index (χ0n) is 15.4. The predicted octanol–water partition coefficient (Wildman–Crippen LogP) is 3.73. The van der Waals surface area contributed by atoms with Crippen molar-refractivity contribution < 1.29 is 19.1 Å². The van der Waals surface area contributed by atoms with Crippen LogP contribution in [0.2, 0.25) is 0 Å². The molecule has 0 saturated heterocycles. The van der Waals surface area contributed by atoms with Crippen LogP contribution in [0.1, 0.15) is 17.5 Å². The summed E-state index contributed by atoms with van der Waals surface area (Å²) < 4.78 is 18.9. The number of anilines is 1. The Morgan fingerprint density at radius 2 is 2.00 bits per heavy atom. The lowest BCUT2D eigenvalue weighted by molar-refractivity contribution is 0.126. The van der Waals surface area contributed by atoms with Crippen molar-refractivity contribution in [2.75, 3.05) is 5.32 Å². The molecule has 0 radical (unpaired) electrons. The van der Waals surface area contributed by atoms with Crippen molar-refractivity contribution in [3.05, 3.63) is 71.7 Å². The summed E-state index contributed by atoms with van der Waals surface area (Å²) >= 11 is 0. The fourth-order valence-corrected chi connectivity index (χ4v) is 3.46. The highest BCUT2D eigenvalue weighted by Crippen LogP contribution is 2.29. The summed E-state index contributed by atoms with van der Waals surface area (Å²) in [6.45, 7) is 0. The van der Waals surface area contributed by atoms with Gasteiger partial charge in [0.25, 0.3) is 0 Å². The average molecular weight is 394 g/mol. The number of nitrogens with zero attached hydrogens (tertiary/aromatic N) is 2. The maximum atomic E-state index is 14.1. The molecule has 7 nitrogen and oxygen atoms in total. The van der Waals surface area contributed by atoms with Crippen LogP contribution < -0.4 is 15.5 Å². The predicted molar refractivity (Wildman–Crippen MR) is 104 cm³/mol. The summed E-state index contributed by atoms with van der Waals surface area (Å²) in [7, 11) is 0. The van der Waals surface area contributed by atoms with Crippen molar-refractivity contribution in [1.29, 1.82) is 0 Å². The number of halogens is 1. The highest BCUT2D eigenvalue weighted by molar-refractivity contribution is 5.69. The number of nitrogens with one attached hydrogen (secondary N) is 2. The van der Waals surface area contributed by atoms with Gasteiger partial charge in [-0.05, 0) is 48.6 Å². The number of carbonyl (C=O) groups excluding carboxylic acids is 1. The van der Waals surface area contributed by atoms with Crippen molar-refractivity contribution in [3.8, 4) is 17.0 Å². The fourth-order valence-electron chi connectivity index (χ4n) is 3.46. The molecule has 29 heavy (non-hydrogen) atoms. The molecule has 148 valence electrons. The first-order chi connectivity index (χ1) is 14.1. The van der Waals surface area contributed by atoms with Gasteiger partial charge in [-0.1, -0.05) is 30.3 Å². The molecule has 4 rings (SSSR count). The number of ether oxygens (including phenoxy) is 1. The van der Waals surface area contributed by atoms with Crippen molar-refractivity contribution in [2.24, 2.45) is 0 Å². The molecule has 0 fully saturated rings. The van der Waals surface area contributed by atoms with E-state index < -0.39 is 11.9 Å². The molecule has 1 amide bonds. The Morgan fingerprint density at radius 3 is 2.79 bits per heavy atom. The van der Waals surface area contributed by atoms with Crippen LogP contribution in [-0.2, 0) is 12.8 Å². The summed E-state index contributed by atoms with van der Waals surface area (Å²) in [6.07, 6.45) is 2.65. The maximum absolute atomic E-state index is 14.1. The third kappa shape index (κ3) is 4.33. The highest BCUT2D eigenvalue weighted by atomic mass is 19.1. The average Bonchev–Trinajstić information content (AvgIpc) is 2.75. The summed E-state index contributed by atoms with van der Waals surface area (Å²) in [4.78, 5) is 20.1. The Balaban J connectivity index is 1.50. The number of amides is 1. The lowest BCUT2D eigenvalue weighted by Gasteiger charge is -2.26. The molecule has 1 aliphatic rings. The molecule has 1 aliphatic carbocycles. The van der Waals surface area contributed by atoms with E-state index in [2.05, 4.69) is 15.3 Å². The number of benzene rings is 2. The van der Waals surface area contributed by atoms with Gasteiger partial charge in [-0.15, -0.1) is 0 Å². The van der Waals surface area contributed by atoms with Gasteiger partial charge < -0.3 is 10.1 Å². The normalized spacial score (nSPS) is 15.3. The molecule has 1 atom stereocenters. The van der Waals surface area contributed by atoms with Crippen LogP contribution in [0.5, 0.6) is 5.75 Å². The van der Waals surface area contributed by atoms with Gasteiger partial charge in [-0.2, -0.15) is 0 Å². The number of hydrogen-bond donors (Lipinski definition) is 3. The van der Waals surface area contributed by atoms with Gasteiger partial charge in [-0.25, -0.2) is 24.6 Å². The van der Waals surface area contributed by atoms with Gasteiger partial charge in [0.05, 0.1) is 5.69 Å². The lowest BCUT2D eigenvalue weighted by atomic mass is 9.88. The summed E-state index contributed by atoms with van der Waals surface area (Å²) in [5, 5.41) is 11.9. The third-order valence-electron chi connectivity index (χ3n) is 4.83. The van der Waals surface area contributed by atoms with Gasteiger partial charge in [0, 0.05) is 17.8 Å². The Labute approximate surface area is 166 Å². The molecule has 1 heterocycles. The van der Waals surface area contributed by atoms with Crippen LogP contribution in [0, 0.1) is 5.82 Å². The molecule has 0 saturated carbocycles. The quantitative estimate of drug-likeness (QED) is 0.461. The largest absolute Gasteiger partial charge is 0.436 e. The van der Waals surface area contributed by atoms with Crippen LogP contribution in [-0.4, -0.2) is 27.3 Å². The summed E-state index contributed by atoms with van der Waals surface area (Å²) in [6, 6.07) is 14.6. The molecule has 3 N–H and O–H groups in total. The highest BCUT2D eigenvalue weighted by Gasteiger charge is 2.22. The molecular formula is C21H19FN4O3. The zero-order chi connectivity index (χ0) is 20.2. The van der Waals surface area contributed by atoms with Crippen LogP contribution in [0.4, 0.5) is 15.1 Å². The zero-order valence-corrected chi connectivity index (χ0v) is 15.4. The van der Waals surface area contributed by atoms with Gasteiger partial charge >= 0.3 is 6.09 Å². The van der Waals surface area contributed by atoms with Crippen LogP contribution in [0.15, 0.2) is 54.7 Å².